The van der Waals surface area contributed by atoms with E-state index in [1.165, 1.54) is 12.1 Å². The maximum absolute atomic E-state index is 12.8. The monoisotopic (exact) mass is 473 g/mol. The van der Waals surface area contributed by atoms with Crippen molar-refractivity contribution < 1.29 is 13.2 Å². The SMILES string of the molecule is O=C(Cc1c[nH]c2ccccc12)Nc1ccc(Cl)c(S(=O)(=O)Nc2ccccc2Cl)c1. The Bertz CT molecular complexity index is 1380. The molecule has 1 heterocycles. The molecule has 0 aliphatic heterocycles. The van der Waals surface area contributed by atoms with Gasteiger partial charge in [-0.2, -0.15) is 0 Å². The summed E-state index contributed by atoms with van der Waals surface area (Å²) in [5.74, 6) is -0.283. The van der Waals surface area contributed by atoms with E-state index in [0.29, 0.717) is 5.69 Å². The van der Waals surface area contributed by atoms with E-state index in [1.807, 2.05) is 24.3 Å². The Labute approximate surface area is 189 Å². The Kier molecular flexibility index (Phi) is 5.91. The van der Waals surface area contributed by atoms with Crippen molar-refractivity contribution in [2.24, 2.45) is 0 Å². The molecule has 0 aliphatic carbocycles. The van der Waals surface area contributed by atoms with Crippen LogP contribution in [-0.4, -0.2) is 19.3 Å². The summed E-state index contributed by atoms with van der Waals surface area (Å²) >= 11 is 12.2. The second kappa shape index (κ2) is 8.63. The summed E-state index contributed by atoms with van der Waals surface area (Å²) < 4.78 is 28.1. The first-order valence-corrected chi connectivity index (χ1v) is 11.5. The summed E-state index contributed by atoms with van der Waals surface area (Å²) in [6.07, 6.45) is 1.92. The predicted octanol–water partition coefficient (Wildman–Crippen LogP) is 5.46. The summed E-state index contributed by atoms with van der Waals surface area (Å²) in [6, 6.07) is 18.4. The summed E-state index contributed by atoms with van der Waals surface area (Å²) in [7, 11) is -4.03. The van der Waals surface area contributed by atoms with Crippen LogP contribution in [0.4, 0.5) is 11.4 Å². The van der Waals surface area contributed by atoms with Gasteiger partial charge in [-0.15, -0.1) is 0 Å². The first-order valence-electron chi connectivity index (χ1n) is 9.25. The van der Waals surface area contributed by atoms with Crippen molar-refractivity contribution in [1.82, 2.24) is 4.98 Å². The number of para-hydroxylation sites is 2. The molecule has 9 heteroatoms. The van der Waals surface area contributed by atoms with Gasteiger partial charge in [0.15, 0.2) is 0 Å². The minimum atomic E-state index is -4.03. The third-order valence-electron chi connectivity index (χ3n) is 4.65. The number of nitrogens with one attached hydrogen (secondary N) is 3. The molecular formula is C22H17Cl2N3O3S. The number of fused-ring (bicyclic) bond motifs is 1. The zero-order chi connectivity index (χ0) is 22.0. The topological polar surface area (TPSA) is 91.1 Å². The van der Waals surface area contributed by atoms with Crippen LogP contribution in [0.1, 0.15) is 5.56 Å². The zero-order valence-corrected chi connectivity index (χ0v) is 18.4. The quantitative estimate of drug-likeness (QED) is 0.347. The molecule has 0 atom stereocenters. The highest BCUT2D eigenvalue weighted by atomic mass is 35.5. The molecule has 0 saturated heterocycles. The van der Waals surface area contributed by atoms with Gasteiger partial charge in [-0.3, -0.25) is 9.52 Å². The summed E-state index contributed by atoms with van der Waals surface area (Å²) in [4.78, 5) is 15.5. The van der Waals surface area contributed by atoms with Crippen molar-refractivity contribution in [2.75, 3.05) is 10.0 Å². The number of carbonyl (C=O) groups is 1. The standard InChI is InChI=1S/C22H17Cl2N3O3S/c23-17-6-2-4-8-20(17)27-31(29,30)21-12-15(9-10-18(21)24)26-22(28)11-14-13-25-19-7-3-1-5-16(14)19/h1-10,12-13,25,27H,11H2,(H,26,28). The number of H-pyrrole nitrogens is 1. The number of halogens is 2. The maximum Gasteiger partial charge on any atom is 0.263 e. The summed E-state index contributed by atoms with van der Waals surface area (Å²) in [5.41, 5.74) is 2.33. The van der Waals surface area contributed by atoms with E-state index in [4.69, 9.17) is 23.2 Å². The van der Waals surface area contributed by atoms with E-state index in [9.17, 15) is 13.2 Å². The Morgan fingerprint density at radius 1 is 0.935 bits per heavy atom. The third-order valence-corrected chi connectivity index (χ3v) is 6.83. The minimum absolute atomic E-state index is 0.0224. The van der Waals surface area contributed by atoms with Crippen LogP contribution in [-0.2, 0) is 21.2 Å². The largest absolute Gasteiger partial charge is 0.361 e. The number of sulfonamides is 1. The van der Waals surface area contributed by atoms with E-state index in [1.54, 1.807) is 36.5 Å². The Morgan fingerprint density at radius 3 is 2.48 bits per heavy atom. The zero-order valence-electron chi connectivity index (χ0n) is 16.0. The number of benzene rings is 3. The van der Waals surface area contributed by atoms with Crippen molar-refractivity contribution in [2.45, 2.75) is 11.3 Å². The van der Waals surface area contributed by atoms with Gasteiger partial charge >= 0.3 is 0 Å². The molecule has 0 fully saturated rings. The molecule has 0 saturated carbocycles. The molecule has 6 nitrogen and oxygen atoms in total. The molecule has 31 heavy (non-hydrogen) atoms. The average molecular weight is 474 g/mol. The fourth-order valence-electron chi connectivity index (χ4n) is 3.19. The van der Waals surface area contributed by atoms with Crippen LogP contribution in [0.3, 0.4) is 0 Å². The molecule has 0 radical (unpaired) electrons. The Balaban J connectivity index is 1.54. The molecule has 1 amide bonds. The summed E-state index contributed by atoms with van der Waals surface area (Å²) in [5, 5.41) is 3.97. The number of aromatic amines is 1. The van der Waals surface area contributed by atoms with Crippen LogP contribution in [0.5, 0.6) is 0 Å². The predicted molar refractivity (Wildman–Crippen MR) is 124 cm³/mol. The van der Waals surface area contributed by atoms with Gasteiger partial charge in [-0.05, 0) is 42.0 Å². The first kappa shape index (κ1) is 21.2. The van der Waals surface area contributed by atoms with Gasteiger partial charge in [0, 0.05) is 22.8 Å². The van der Waals surface area contributed by atoms with Gasteiger partial charge < -0.3 is 10.3 Å². The van der Waals surface area contributed by atoms with E-state index < -0.39 is 10.0 Å². The van der Waals surface area contributed by atoms with E-state index in [-0.39, 0.29) is 33.0 Å². The lowest BCUT2D eigenvalue weighted by atomic mass is 10.1. The Hall–Kier alpha value is -3.00. The molecule has 0 bridgehead atoms. The number of hydrogen-bond donors (Lipinski definition) is 3. The van der Waals surface area contributed by atoms with E-state index in [2.05, 4.69) is 15.0 Å². The lowest BCUT2D eigenvalue weighted by Gasteiger charge is -2.12. The molecule has 0 spiro atoms. The number of amides is 1. The molecule has 3 N–H and O–H groups in total. The normalized spacial score (nSPS) is 11.4. The van der Waals surface area contributed by atoms with Crippen molar-refractivity contribution in [1.29, 1.82) is 0 Å². The highest BCUT2D eigenvalue weighted by Crippen LogP contribution is 2.29. The van der Waals surface area contributed by atoms with Gasteiger partial charge in [0.05, 0.1) is 22.2 Å². The van der Waals surface area contributed by atoms with Crippen LogP contribution in [0.25, 0.3) is 10.9 Å². The summed E-state index contributed by atoms with van der Waals surface area (Å²) in [6.45, 7) is 0. The molecule has 0 unspecified atom stereocenters. The van der Waals surface area contributed by atoms with Crippen molar-refractivity contribution in [3.05, 3.63) is 88.5 Å². The molecule has 4 rings (SSSR count). The van der Waals surface area contributed by atoms with Gasteiger partial charge in [0.2, 0.25) is 5.91 Å². The molecule has 3 aromatic carbocycles. The molecule has 4 aromatic rings. The smallest absolute Gasteiger partial charge is 0.263 e. The number of carbonyl (C=O) groups excluding carboxylic acids is 1. The Morgan fingerprint density at radius 2 is 1.68 bits per heavy atom. The van der Waals surface area contributed by atoms with Crippen molar-refractivity contribution in [3.8, 4) is 0 Å². The van der Waals surface area contributed by atoms with Crippen molar-refractivity contribution in [3.63, 3.8) is 0 Å². The van der Waals surface area contributed by atoms with Gasteiger partial charge in [0.25, 0.3) is 10.0 Å². The van der Waals surface area contributed by atoms with Gasteiger partial charge in [0.1, 0.15) is 4.90 Å². The lowest BCUT2D eigenvalue weighted by molar-refractivity contribution is -0.115. The van der Waals surface area contributed by atoms with Gasteiger partial charge in [-0.25, -0.2) is 8.42 Å². The number of rotatable bonds is 6. The fourth-order valence-corrected chi connectivity index (χ4v) is 5.03. The second-order valence-electron chi connectivity index (χ2n) is 6.81. The second-order valence-corrected chi connectivity index (χ2v) is 9.28. The average Bonchev–Trinajstić information content (AvgIpc) is 3.14. The molecule has 158 valence electrons. The highest BCUT2D eigenvalue weighted by Gasteiger charge is 2.20. The van der Waals surface area contributed by atoms with Crippen LogP contribution >= 0.6 is 23.2 Å². The minimum Gasteiger partial charge on any atom is -0.361 e. The van der Waals surface area contributed by atoms with Crippen molar-refractivity contribution >= 4 is 61.4 Å². The van der Waals surface area contributed by atoms with Crippen LogP contribution in [0.15, 0.2) is 77.8 Å². The third kappa shape index (κ3) is 4.69. The number of anilines is 2. The lowest BCUT2D eigenvalue weighted by Crippen LogP contribution is -2.16. The maximum atomic E-state index is 12.8. The number of aromatic nitrogens is 1. The van der Waals surface area contributed by atoms with Crippen LogP contribution in [0.2, 0.25) is 10.0 Å². The molecular weight excluding hydrogens is 457 g/mol. The fraction of sp³-hybridized carbons (Fsp3) is 0.0455. The van der Waals surface area contributed by atoms with Crippen LogP contribution in [0, 0.1) is 0 Å². The molecule has 0 aliphatic rings. The number of hydrogen-bond acceptors (Lipinski definition) is 3. The highest BCUT2D eigenvalue weighted by molar-refractivity contribution is 7.92. The van der Waals surface area contributed by atoms with Crippen LogP contribution < -0.4 is 10.0 Å². The van der Waals surface area contributed by atoms with E-state index >= 15 is 0 Å². The first-order chi connectivity index (χ1) is 14.8. The van der Waals surface area contributed by atoms with Gasteiger partial charge in [-0.1, -0.05) is 53.5 Å². The molecule has 1 aromatic heterocycles. The van der Waals surface area contributed by atoms with E-state index in [0.717, 1.165) is 16.5 Å².